The molecule has 2 aromatic rings. The van der Waals surface area contributed by atoms with Crippen LogP contribution in [0.1, 0.15) is 30.1 Å². The van der Waals surface area contributed by atoms with Crippen LogP contribution in [-0.4, -0.2) is 41.1 Å². The molecule has 0 amide bonds. The number of hydrogen-bond acceptors (Lipinski definition) is 7. The fourth-order valence-electron chi connectivity index (χ4n) is 2.14. The summed E-state index contributed by atoms with van der Waals surface area (Å²) in [6.07, 6.45) is 2.06. The zero-order valence-electron chi connectivity index (χ0n) is 14.5. The van der Waals surface area contributed by atoms with Gasteiger partial charge in [0.15, 0.2) is 0 Å². The van der Waals surface area contributed by atoms with Gasteiger partial charge in [0.05, 0.1) is 6.61 Å². The molecular weight excluding hydrogens is 340 g/mol. The number of aromatic hydroxyl groups is 3. The highest BCUT2D eigenvalue weighted by Gasteiger charge is 2.19. The first-order valence-corrected chi connectivity index (χ1v) is 8.29. The van der Waals surface area contributed by atoms with Crippen molar-refractivity contribution < 1.29 is 34.3 Å². The van der Waals surface area contributed by atoms with Gasteiger partial charge in [0.25, 0.3) is 0 Å². The summed E-state index contributed by atoms with van der Waals surface area (Å²) in [5.74, 6) is -1.04. The number of benzene rings is 2. The Hall–Kier alpha value is -3.09. The highest BCUT2D eigenvalue weighted by atomic mass is 16.6. The maximum Gasteiger partial charge on any atom is 0.345 e. The molecule has 0 fully saturated rings. The summed E-state index contributed by atoms with van der Waals surface area (Å²) >= 11 is 0. The van der Waals surface area contributed by atoms with E-state index in [-0.39, 0.29) is 19.0 Å². The third-order valence-corrected chi connectivity index (χ3v) is 3.46. The minimum absolute atomic E-state index is 0.0761. The molecule has 2 aromatic carbocycles. The van der Waals surface area contributed by atoms with E-state index in [0.29, 0.717) is 12.4 Å². The van der Waals surface area contributed by atoms with Crippen LogP contribution >= 0.6 is 0 Å². The van der Waals surface area contributed by atoms with Gasteiger partial charge in [0.2, 0.25) is 0 Å². The van der Waals surface area contributed by atoms with E-state index in [1.165, 1.54) is 0 Å². The molecule has 3 N–H and O–H groups in total. The minimum Gasteiger partial charge on any atom is -0.508 e. The molecule has 0 heterocycles. The fourth-order valence-corrected chi connectivity index (χ4v) is 2.14. The van der Waals surface area contributed by atoms with Gasteiger partial charge >= 0.3 is 5.97 Å². The third-order valence-electron chi connectivity index (χ3n) is 3.46. The molecule has 2 rings (SSSR count). The van der Waals surface area contributed by atoms with Crippen LogP contribution in [0.4, 0.5) is 0 Å². The highest BCUT2D eigenvalue weighted by Crippen LogP contribution is 2.32. The largest absolute Gasteiger partial charge is 0.508 e. The van der Waals surface area contributed by atoms with Crippen molar-refractivity contribution in [2.24, 2.45) is 0 Å². The van der Waals surface area contributed by atoms with E-state index in [1.807, 2.05) is 0 Å². The van der Waals surface area contributed by atoms with Crippen molar-refractivity contribution in [3.63, 3.8) is 0 Å². The van der Waals surface area contributed by atoms with Crippen molar-refractivity contribution in [3.8, 4) is 28.7 Å². The first kappa shape index (κ1) is 19.2. The van der Waals surface area contributed by atoms with Gasteiger partial charge in [-0.1, -0.05) is 13.3 Å². The summed E-state index contributed by atoms with van der Waals surface area (Å²) in [4.78, 5) is 11.9. The molecule has 140 valence electrons. The maximum absolute atomic E-state index is 11.9. The van der Waals surface area contributed by atoms with E-state index >= 15 is 0 Å². The Morgan fingerprint density at radius 3 is 1.96 bits per heavy atom. The van der Waals surface area contributed by atoms with Gasteiger partial charge in [-0.2, -0.15) is 0 Å². The topological polar surface area (TPSA) is 105 Å². The van der Waals surface area contributed by atoms with Crippen LogP contribution in [0.3, 0.4) is 0 Å². The second-order valence-electron chi connectivity index (χ2n) is 5.52. The van der Waals surface area contributed by atoms with E-state index in [0.717, 1.165) is 30.7 Å². The highest BCUT2D eigenvalue weighted by molar-refractivity contribution is 5.95. The molecule has 0 bridgehead atoms. The number of hydrogen-bond donors (Lipinski definition) is 3. The number of ether oxygens (including phenoxy) is 3. The van der Waals surface area contributed by atoms with Gasteiger partial charge in [-0.3, -0.25) is 0 Å². The molecule has 0 aromatic heterocycles. The fraction of sp³-hybridized carbons (Fsp3) is 0.316. The van der Waals surface area contributed by atoms with Crippen molar-refractivity contribution in [1.29, 1.82) is 0 Å². The smallest absolute Gasteiger partial charge is 0.345 e. The summed E-state index contributed by atoms with van der Waals surface area (Å²) in [5.41, 5.74) is -0.406. The summed E-state index contributed by atoms with van der Waals surface area (Å²) in [7, 11) is 0. The second kappa shape index (κ2) is 9.41. The van der Waals surface area contributed by atoms with E-state index in [9.17, 15) is 20.1 Å². The second-order valence-corrected chi connectivity index (χ2v) is 5.52. The van der Waals surface area contributed by atoms with E-state index < -0.39 is 23.0 Å². The van der Waals surface area contributed by atoms with Gasteiger partial charge in [-0.25, -0.2) is 4.79 Å². The number of phenols is 3. The van der Waals surface area contributed by atoms with E-state index in [4.69, 9.17) is 14.2 Å². The number of rotatable bonds is 9. The van der Waals surface area contributed by atoms with Crippen molar-refractivity contribution in [1.82, 2.24) is 0 Å². The molecular formula is C19H22O7. The molecule has 0 aliphatic rings. The van der Waals surface area contributed by atoms with Crippen LogP contribution in [0.5, 0.6) is 28.7 Å². The number of unbranched alkanes of at least 4 members (excludes halogenated alkanes) is 1. The standard InChI is InChI=1S/C19H22O7/c1-2-3-8-24-14-4-6-15(7-5-14)25-9-10-26-19(23)18-16(21)11-13(20)12-17(18)22/h4-7,11-12,20-22H,2-3,8-10H2,1H3. The average Bonchev–Trinajstić information content (AvgIpc) is 2.59. The number of phenolic OH excluding ortho intramolecular Hbond substituents is 3. The Morgan fingerprint density at radius 1 is 0.885 bits per heavy atom. The van der Waals surface area contributed by atoms with Gasteiger partial charge in [-0.05, 0) is 30.7 Å². The Balaban J connectivity index is 1.77. The molecule has 0 atom stereocenters. The van der Waals surface area contributed by atoms with Gasteiger partial charge in [0, 0.05) is 12.1 Å². The third kappa shape index (κ3) is 5.47. The predicted molar refractivity (Wildman–Crippen MR) is 94.1 cm³/mol. The molecule has 0 saturated carbocycles. The van der Waals surface area contributed by atoms with E-state index in [1.54, 1.807) is 24.3 Å². The summed E-state index contributed by atoms with van der Waals surface area (Å²) in [5, 5.41) is 28.5. The molecule has 0 unspecified atom stereocenters. The summed E-state index contributed by atoms with van der Waals surface area (Å²) < 4.78 is 16.0. The van der Waals surface area contributed by atoms with Crippen LogP contribution in [0, 0.1) is 0 Å². The quantitative estimate of drug-likeness (QED) is 0.464. The zero-order chi connectivity index (χ0) is 18.9. The van der Waals surface area contributed by atoms with Crippen LogP contribution in [0.15, 0.2) is 36.4 Å². The number of esters is 1. The van der Waals surface area contributed by atoms with Crippen LogP contribution < -0.4 is 9.47 Å². The molecule has 0 spiro atoms. The molecule has 7 nitrogen and oxygen atoms in total. The lowest BCUT2D eigenvalue weighted by atomic mass is 10.1. The van der Waals surface area contributed by atoms with Crippen LogP contribution in [-0.2, 0) is 4.74 Å². The first-order valence-electron chi connectivity index (χ1n) is 8.29. The Kier molecular flexibility index (Phi) is 6.96. The Bertz CT molecular complexity index is 702. The number of carbonyl (C=O) groups excluding carboxylic acids is 1. The minimum atomic E-state index is -0.914. The van der Waals surface area contributed by atoms with Gasteiger partial charge in [-0.15, -0.1) is 0 Å². The average molecular weight is 362 g/mol. The maximum atomic E-state index is 11.9. The van der Waals surface area contributed by atoms with Crippen molar-refractivity contribution in [2.75, 3.05) is 19.8 Å². The van der Waals surface area contributed by atoms with Crippen LogP contribution in [0.2, 0.25) is 0 Å². The number of carbonyl (C=O) groups is 1. The molecule has 26 heavy (non-hydrogen) atoms. The zero-order valence-corrected chi connectivity index (χ0v) is 14.5. The van der Waals surface area contributed by atoms with Gasteiger partial charge in [0.1, 0.15) is 47.5 Å². The van der Waals surface area contributed by atoms with Crippen LogP contribution in [0.25, 0.3) is 0 Å². The molecule has 0 saturated heterocycles. The predicted octanol–water partition coefficient (Wildman–Crippen LogP) is 3.22. The summed E-state index contributed by atoms with van der Waals surface area (Å²) in [6, 6.07) is 8.97. The lowest BCUT2D eigenvalue weighted by Gasteiger charge is -2.10. The summed E-state index contributed by atoms with van der Waals surface area (Å²) in [6.45, 7) is 2.79. The Morgan fingerprint density at radius 2 is 1.42 bits per heavy atom. The van der Waals surface area contributed by atoms with Crippen molar-refractivity contribution in [3.05, 3.63) is 42.0 Å². The molecule has 7 heteroatoms. The molecule has 0 aliphatic carbocycles. The first-order chi connectivity index (χ1) is 12.5. The normalized spacial score (nSPS) is 10.3. The lowest BCUT2D eigenvalue weighted by molar-refractivity contribution is 0.0444. The van der Waals surface area contributed by atoms with E-state index in [2.05, 4.69) is 6.92 Å². The van der Waals surface area contributed by atoms with Crippen molar-refractivity contribution >= 4 is 5.97 Å². The monoisotopic (exact) mass is 362 g/mol. The van der Waals surface area contributed by atoms with Crippen molar-refractivity contribution in [2.45, 2.75) is 19.8 Å². The van der Waals surface area contributed by atoms with Gasteiger partial charge < -0.3 is 29.5 Å². The lowest BCUT2D eigenvalue weighted by Crippen LogP contribution is -2.12. The molecule has 0 radical (unpaired) electrons. The molecule has 0 aliphatic heterocycles. The SMILES string of the molecule is CCCCOc1ccc(OCCOC(=O)c2c(O)cc(O)cc2O)cc1. The Labute approximate surface area is 151 Å².